The Morgan fingerprint density at radius 2 is 2.10 bits per heavy atom. The molecule has 1 fully saturated rings. The summed E-state index contributed by atoms with van der Waals surface area (Å²) in [7, 11) is 0. The van der Waals surface area contributed by atoms with Crippen molar-refractivity contribution in [1.82, 2.24) is 14.9 Å². The molecule has 1 aromatic carbocycles. The number of carboxylic acid groups (broad SMARTS) is 1. The van der Waals surface area contributed by atoms with Crippen molar-refractivity contribution in [3.8, 4) is 5.69 Å². The predicted molar refractivity (Wildman–Crippen MR) is 113 cm³/mol. The minimum atomic E-state index is -0.852. The number of carbonyl (C=O) groups is 1. The highest BCUT2D eigenvalue weighted by molar-refractivity contribution is 5.85. The van der Waals surface area contributed by atoms with Crippen LogP contribution in [0.2, 0.25) is 0 Å². The number of para-hydroxylation sites is 1. The smallest absolute Gasteiger partial charge is 0.316 e. The summed E-state index contributed by atoms with van der Waals surface area (Å²) < 4.78 is 7.62. The first-order valence-electron chi connectivity index (χ1n) is 10.4. The third kappa shape index (κ3) is 5.06. The van der Waals surface area contributed by atoms with E-state index in [2.05, 4.69) is 17.2 Å². The Hall–Kier alpha value is -2.18. The SMILES string of the molecule is CC[C@@H](CNCOC(C)(C)C)C[C@H]1C[C@]1(C(=O)O)c1cn(-c2ccccc2)cn1. The molecule has 1 saturated carbocycles. The molecule has 2 N–H and O–H groups in total. The summed E-state index contributed by atoms with van der Waals surface area (Å²) in [6, 6.07) is 9.86. The van der Waals surface area contributed by atoms with E-state index >= 15 is 0 Å². The maximum absolute atomic E-state index is 12.2. The molecule has 0 bridgehead atoms. The van der Waals surface area contributed by atoms with Gasteiger partial charge in [0.2, 0.25) is 0 Å². The zero-order chi connectivity index (χ0) is 21.1. The van der Waals surface area contributed by atoms with Gasteiger partial charge >= 0.3 is 5.97 Å². The van der Waals surface area contributed by atoms with Gasteiger partial charge in [-0.3, -0.25) is 10.1 Å². The minimum absolute atomic E-state index is 0.120. The fourth-order valence-electron chi connectivity index (χ4n) is 3.92. The first-order chi connectivity index (χ1) is 13.8. The van der Waals surface area contributed by atoms with Crippen molar-refractivity contribution in [2.45, 2.75) is 58.0 Å². The van der Waals surface area contributed by atoms with Gasteiger partial charge in [-0.05, 0) is 57.6 Å². The number of aromatic nitrogens is 2. The first kappa shape index (κ1) is 21.5. The van der Waals surface area contributed by atoms with E-state index in [1.165, 1.54) is 0 Å². The van der Waals surface area contributed by atoms with Gasteiger partial charge in [-0.25, -0.2) is 4.98 Å². The Bertz CT molecular complexity index is 812. The number of aliphatic carboxylic acids is 1. The summed E-state index contributed by atoms with van der Waals surface area (Å²) in [5.74, 6) is -0.227. The fourth-order valence-corrected chi connectivity index (χ4v) is 3.92. The number of rotatable bonds is 10. The van der Waals surface area contributed by atoms with Crippen LogP contribution in [0.25, 0.3) is 5.69 Å². The molecule has 3 atom stereocenters. The van der Waals surface area contributed by atoms with E-state index in [1.807, 2.05) is 61.9 Å². The third-order valence-corrected chi connectivity index (χ3v) is 5.82. The Morgan fingerprint density at radius 3 is 2.72 bits per heavy atom. The highest BCUT2D eigenvalue weighted by Gasteiger charge is 2.63. The van der Waals surface area contributed by atoms with Crippen molar-refractivity contribution in [2.75, 3.05) is 13.3 Å². The van der Waals surface area contributed by atoms with Crippen molar-refractivity contribution < 1.29 is 14.6 Å². The lowest BCUT2D eigenvalue weighted by molar-refractivity contribution is -0.140. The zero-order valence-electron chi connectivity index (χ0n) is 17.9. The quantitative estimate of drug-likeness (QED) is 0.467. The van der Waals surface area contributed by atoms with Crippen LogP contribution in [-0.2, 0) is 14.9 Å². The van der Waals surface area contributed by atoms with Crippen LogP contribution in [0.3, 0.4) is 0 Å². The van der Waals surface area contributed by atoms with Gasteiger partial charge in [-0.2, -0.15) is 0 Å². The third-order valence-electron chi connectivity index (χ3n) is 5.82. The number of hydrogen-bond acceptors (Lipinski definition) is 4. The van der Waals surface area contributed by atoms with Crippen molar-refractivity contribution >= 4 is 5.97 Å². The normalized spacial score (nSPS) is 22.4. The Kier molecular flexibility index (Phi) is 6.44. The van der Waals surface area contributed by atoms with Crippen LogP contribution in [0, 0.1) is 11.8 Å². The van der Waals surface area contributed by atoms with Crippen LogP contribution >= 0.6 is 0 Å². The van der Waals surface area contributed by atoms with E-state index in [4.69, 9.17) is 4.74 Å². The second-order valence-corrected chi connectivity index (χ2v) is 9.04. The summed E-state index contributed by atoms with van der Waals surface area (Å²) in [5.41, 5.74) is 0.632. The van der Waals surface area contributed by atoms with Crippen LogP contribution in [-0.4, -0.2) is 39.5 Å². The molecule has 2 aromatic rings. The Balaban J connectivity index is 1.63. The molecule has 0 amide bonds. The van der Waals surface area contributed by atoms with Crippen LogP contribution in [0.15, 0.2) is 42.9 Å². The summed E-state index contributed by atoms with van der Waals surface area (Å²) in [5, 5.41) is 13.4. The van der Waals surface area contributed by atoms with E-state index in [0.29, 0.717) is 24.8 Å². The molecule has 158 valence electrons. The summed E-state index contributed by atoms with van der Waals surface area (Å²) in [6.45, 7) is 9.60. The molecule has 0 saturated heterocycles. The standard InChI is InChI=1S/C23H33N3O3/c1-5-17(13-24-16-29-22(2,3)4)11-18-12-23(18,21(27)28)20-14-26(15-25-20)19-9-7-6-8-10-19/h6-10,14-15,17-18,24H,5,11-13,16H2,1-4H3,(H,27,28)/t17-,18+,23-/m1/s1. The van der Waals surface area contributed by atoms with Gasteiger partial charge in [-0.1, -0.05) is 31.5 Å². The van der Waals surface area contributed by atoms with Gasteiger partial charge in [0.25, 0.3) is 0 Å². The number of ether oxygens (including phenoxy) is 1. The van der Waals surface area contributed by atoms with E-state index in [1.54, 1.807) is 6.33 Å². The van der Waals surface area contributed by atoms with Gasteiger partial charge in [0.1, 0.15) is 5.41 Å². The van der Waals surface area contributed by atoms with E-state index < -0.39 is 11.4 Å². The van der Waals surface area contributed by atoms with Gasteiger partial charge in [-0.15, -0.1) is 0 Å². The molecule has 6 nitrogen and oxygen atoms in total. The topological polar surface area (TPSA) is 76.4 Å². The number of imidazole rings is 1. The van der Waals surface area contributed by atoms with Gasteiger partial charge < -0.3 is 14.4 Å². The Morgan fingerprint density at radius 1 is 1.38 bits per heavy atom. The lowest BCUT2D eigenvalue weighted by Gasteiger charge is -2.22. The van der Waals surface area contributed by atoms with Crippen molar-refractivity contribution in [2.24, 2.45) is 11.8 Å². The molecule has 6 heteroatoms. The second kappa shape index (κ2) is 8.67. The van der Waals surface area contributed by atoms with Crippen molar-refractivity contribution in [3.63, 3.8) is 0 Å². The van der Waals surface area contributed by atoms with E-state index in [9.17, 15) is 9.90 Å². The van der Waals surface area contributed by atoms with Crippen LogP contribution in [0.5, 0.6) is 0 Å². The molecule has 29 heavy (non-hydrogen) atoms. The first-order valence-corrected chi connectivity index (χ1v) is 10.4. The number of carboxylic acids is 1. The average molecular weight is 400 g/mol. The summed E-state index contributed by atoms with van der Waals surface area (Å²) >= 11 is 0. The Labute approximate surface area is 173 Å². The lowest BCUT2D eigenvalue weighted by atomic mass is 9.92. The van der Waals surface area contributed by atoms with Crippen LogP contribution in [0.1, 0.15) is 52.7 Å². The molecule has 0 unspecified atom stereocenters. The fraction of sp³-hybridized carbons (Fsp3) is 0.565. The van der Waals surface area contributed by atoms with Gasteiger partial charge in [0, 0.05) is 18.4 Å². The molecule has 0 radical (unpaired) electrons. The van der Waals surface area contributed by atoms with Crippen LogP contribution in [0.4, 0.5) is 0 Å². The molecule has 1 aromatic heterocycles. The zero-order valence-corrected chi connectivity index (χ0v) is 17.9. The second-order valence-electron chi connectivity index (χ2n) is 9.04. The summed E-state index contributed by atoms with van der Waals surface area (Å²) in [4.78, 5) is 16.7. The minimum Gasteiger partial charge on any atom is -0.481 e. The molecule has 3 rings (SSSR count). The number of nitrogens with one attached hydrogen (secondary N) is 1. The maximum Gasteiger partial charge on any atom is 0.316 e. The highest BCUT2D eigenvalue weighted by atomic mass is 16.5. The van der Waals surface area contributed by atoms with Gasteiger partial charge in [0.15, 0.2) is 0 Å². The van der Waals surface area contributed by atoms with E-state index in [0.717, 1.165) is 25.1 Å². The number of hydrogen-bond donors (Lipinski definition) is 2. The highest BCUT2D eigenvalue weighted by Crippen LogP contribution is 2.57. The van der Waals surface area contributed by atoms with Crippen LogP contribution < -0.4 is 5.32 Å². The monoisotopic (exact) mass is 399 g/mol. The molecule has 0 spiro atoms. The largest absolute Gasteiger partial charge is 0.481 e. The molecule has 1 aliphatic carbocycles. The number of benzene rings is 1. The summed E-state index contributed by atoms with van der Waals surface area (Å²) in [6.07, 6.45) is 6.13. The predicted octanol–water partition coefficient (Wildman–Crippen LogP) is 3.99. The molecule has 0 aliphatic heterocycles. The van der Waals surface area contributed by atoms with E-state index in [-0.39, 0.29) is 11.5 Å². The molecular formula is C23H33N3O3. The lowest BCUT2D eigenvalue weighted by Crippen LogP contribution is -2.31. The molecule has 1 heterocycles. The molecule has 1 aliphatic rings. The maximum atomic E-state index is 12.2. The van der Waals surface area contributed by atoms with Crippen molar-refractivity contribution in [1.29, 1.82) is 0 Å². The number of nitrogens with zero attached hydrogens (tertiary/aromatic N) is 2. The average Bonchev–Trinajstić information content (AvgIpc) is 3.19. The molecular weight excluding hydrogens is 366 g/mol. The van der Waals surface area contributed by atoms with Crippen molar-refractivity contribution in [3.05, 3.63) is 48.5 Å². The van der Waals surface area contributed by atoms with Gasteiger partial charge in [0.05, 0.1) is 24.4 Å².